The van der Waals surface area contributed by atoms with Gasteiger partial charge in [-0.1, -0.05) is 32.0 Å². The average molecular weight is 442 g/mol. The molecule has 162 valence electrons. The maximum Gasteiger partial charge on any atom is 0.344 e. The lowest BCUT2D eigenvalue weighted by Gasteiger charge is -2.16. The first-order valence-corrected chi connectivity index (χ1v) is 10.6. The normalized spacial score (nSPS) is 16.0. The van der Waals surface area contributed by atoms with E-state index in [2.05, 4.69) is 0 Å². The Kier molecular flexibility index (Phi) is 7.02. The summed E-state index contributed by atoms with van der Waals surface area (Å²) in [7, 11) is 1.45. The summed E-state index contributed by atoms with van der Waals surface area (Å²) in [6.45, 7) is 3.75. The van der Waals surface area contributed by atoms with E-state index in [1.165, 1.54) is 7.11 Å². The summed E-state index contributed by atoms with van der Waals surface area (Å²) in [5.74, 6) is -0.828. The Balaban J connectivity index is 1.84. The summed E-state index contributed by atoms with van der Waals surface area (Å²) < 4.78 is 10.8. The van der Waals surface area contributed by atoms with Crippen molar-refractivity contribution in [3.63, 3.8) is 0 Å². The highest BCUT2D eigenvalue weighted by Crippen LogP contribution is 2.37. The first-order chi connectivity index (χ1) is 14.9. The van der Waals surface area contributed by atoms with Gasteiger partial charge in [0, 0.05) is 0 Å². The smallest absolute Gasteiger partial charge is 0.344 e. The van der Waals surface area contributed by atoms with Crippen molar-refractivity contribution in [3.8, 4) is 11.5 Å². The highest BCUT2D eigenvalue weighted by Gasteiger charge is 2.36. The first kappa shape index (κ1) is 22.4. The van der Waals surface area contributed by atoms with Crippen molar-refractivity contribution >= 4 is 40.6 Å². The highest BCUT2D eigenvalue weighted by molar-refractivity contribution is 8.19. The number of hydrogen-bond acceptors (Lipinski definition) is 6. The number of thioether (sulfide) groups is 1. The molecule has 1 N–H and O–H groups in total. The van der Waals surface area contributed by atoms with Crippen LogP contribution in [0.4, 0.5) is 10.5 Å². The maximum atomic E-state index is 12.9. The van der Waals surface area contributed by atoms with E-state index in [1.54, 1.807) is 43.3 Å². The number of carboxylic acid groups (broad SMARTS) is 1. The molecule has 0 aliphatic carbocycles. The summed E-state index contributed by atoms with van der Waals surface area (Å²) in [6, 6.07) is 12.2. The molecule has 31 heavy (non-hydrogen) atoms. The molecule has 1 fully saturated rings. The van der Waals surface area contributed by atoms with Gasteiger partial charge in [-0.15, -0.1) is 0 Å². The van der Waals surface area contributed by atoms with Crippen LogP contribution in [0.5, 0.6) is 11.5 Å². The number of nitrogens with zero attached hydrogens (tertiary/aromatic N) is 1. The molecule has 1 saturated heterocycles. The molecule has 2 aromatic carbocycles. The quantitative estimate of drug-likeness (QED) is 0.591. The van der Waals surface area contributed by atoms with Crippen LogP contribution in [0.2, 0.25) is 0 Å². The van der Waals surface area contributed by atoms with Gasteiger partial charge < -0.3 is 14.6 Å². The van der Waals surface area contributed by atoms with Crippen molar-refractivity contribution in [2.45, 2.75) is 32.8 Å². The van der Waals surface area contributed by atoms with Gasteiger partial charge in [0.15, 0.2) is 17.6 Å². The Labute approximate surface area is 184 Å². The van der Waals surface area contributed by atoms with Gasteiger partial charge in [0.25, 0.3) is 11.1 Å². The molecule has 1 unspecified atom stereocenters. The Morgan fingerprint density at radius 1 is 1.13 bits per heavy atom. The monoisotopic (exact) mass is 441 g/mol. The number of anilines is 1. The zero-order valence-electron chi connectivity index (χ0n) is 17.5. The molecule has 1 atom stereocenters. The number of carbonyl (C=O) groups excluding carboxylic acids is 2. The van der Waals surface area contributed by atoms with Crippen molar-refractivity contribution in [1.82, 2.24) is 0 Å². The number of benzene rings is 2. The van der Waals surface area contributed by atoms with E-state index < -0.39 is 18.0 Å². The lowest BCUT2D eigenvalue weighted by Crippen LogP contribution is -2.27. The van der Waals surface area contributed by atoms with Crippen LogP contribution in [0.3, 0.4) is 0 Å². The molecule has 0 spiro atoms. The van der Waals surface area contributed by atoms with Crippen molar-refractivity contribution in [2.24, 2.45) is 0 Å². The van der Waals surface area contributed by atoms with Crippen molar-refractivity contribution in [1.29, 1.82) is 0 Å². The summed E-state index contributed by atoms with van der Waals surface area (Å²) in [4.78, 5) is 38.0. The molecule has 2 amide bonds. The van der Waals surface area contributed by atoms with Crippen LogP contribution >= 0.6 is 11.8 Å². The van der Waals surface area contributed by atoms with Gasteiger partial charge in [-0.25, -0.2) is 9.69 Å². The second-order valence-electron chi connectivity index (χ2n) is 6.80. The lowest BCUT2D eigenvalue weighted by atomic mass is 10.1. The van der Waals surface area contributed by atoms with Gasteiger partial charge in [-0.2, -0.15) is 0 Å². The summed E-state index contributed by atoms with van der Waals surface area (Å²) >= 11 is 0.866. The summed E-state index contributed by atoms with van der Waals surface area (Å²) in [6.07, 6.45) is 1.78. The number of carbonyl (C=O) groups is 3. The van der Waals surface area contributed by atoms with Crippen LogP contribution in [0.15, 0.2) is 47.4 Å². The number of methoxy groups -OCH3 is 1. The standard InChI is InChI=1S/C23H23NO6S/c1-4-14-6-9-16(10-7-14)24-21(25)20(31-23(24)28)13-15-8-11-18(19(12-15)29-3)30-17(5-2)22(26)27/h6-13,17H,4-5H2,1-3H3,(H,26,27)/b20-13+. The van der Waals surface area contributed by atoms with Gasteiger partial charge in [-0.3, -0.25) is 9.59 Å². The van der Waals surface area contributed by atoms with E-state index in [0.717, 1.165) is 28.6 Å². The van der Waals surface area contributed by atoms with E-state index in [1.807, 2.05) is 19.1 Å². The molecule has 0 radical (unpaired) electrons. The van der Waals surface area contributed by atoms with E-state index in [4.69, 9.17) is 9.47 Å². The predicted octanol–water partition coefficient (Wildman–Crippen LogP) is 4.74. The number of aryl methyl sites for hydroxylation is 1. The largest absolute Gasteiger partial charge is 0.493 e. The van der Waals surface area contributed by atoms with Crippen LogP contribution in [0.25, 0.3) is 6.08 Å². The molecule has 1 aliphatic rings. The molecule has 2 aromatic rings. The number of ether oxygens (including phenoxy) is 2. The third-order valence-electron chi connectivity index (χ3n) is 4.80. The third kappa shape index (κ3) is 4.91. The zero-order chi connectivity index (χ0) is 22.5. The van der Waals surface area contributed by atoms with Crippen LogP contribution in [-0.4, -0.2) is 35.4 Å². The molecular formula is C23H23NO6S. The van der Waals surface area contributed by atoms with Gasteiger partial charge in [-0.05, 0) is 66.1 Å². The fraction of sp³-hybridized carbons (Fsp3) is 0.261. The zero-order valence-corrected chi connectivity index (χ0v) is 18.3. The molecule has 1 aliphatic heterocycles. The van der Waals surface area contributed by atoms with E-state index in [0.29, 0.717) is 23.4 Å². The second-order valence-corrected chi connectivity index (χ2v) is 7.79. The Hall–Kier alpha value is -3.26. The molecule has 1 heterocycles. The number of aliphatic carboxylic acids is 1. The highest BCUT2D eigenvalue weighted by atomic mass is 32.2. The Morgan fingerprint density at radius 2 is 1.84 bits per heavy atom. The Bertz CT molecular complexity index is 1030. The number of imide groups is 1. The van der Waals surface area contributed by atoms with Gasteiger partial charge >= 0.3 is 5.97 Å². The second kappa shape index (κ2) is 9.70. The minimum absolute atomic E-state index is 0.289. The van der Waals surface area contributed by atoms with Gasteiger partial charge in [0.2, 0.25) is 0 Å². The summed E-state index contributed by atoms with van der Waals surface area (Å²) in [5.41, 5.74) is 2.27. The fourth-order valence-corrected chi connectivity index (χ4v) is 3.90. The number of rotatable bonds is 8. The van der Waals surface area contributed by atoms with E-state index in [-0.39, 0.29) is 15.9 Å². The average Bonchev–Trinajstić information content (AvgIpc) is 3.05. The van der Waals surface area contributed by atoms with Gasteiger partial charge in [0.05, 0.1) is 17.7 Å². The first-order valence-electron chi connectivity index (χ1n) is 9.82. The van der Waals surface area contributed by atoms with E-state index >= 15 is 0 Å². The molecular weight excluding hydrogens is 418 g/mol. The number of hydrogen-bond donors (Lipinski definition) is 1. The Morgan fingerprint density at radius 3 is 2.42 bits per heavy atom. The van der Waals surface area contributed by atoms with Crippen molar-refractivity contribution < 1.29 is 29.0 Å². The predicted molar refractivity (Wildman–Crippen MR) is 120 cm³/mol. The van der Waals surface area contributed by atoms with Crippen molar-refractivity contribution in [3.05, 3.63) is 58.5 Å². The molecule has 0 bridgehead atoms. The van der Waals surface area contributed by atoms with E-state index in [9.17, 15) is 19.5 Å². The third-order valence-corrected chi connectivity index (χ3v) is 5.67. The van der Waals surface area contributed by atoms with Crippen LogP contribution in [0.1, 0.15) is 31.4 Å². The van der Waals surface area contributed by atoms with Crippen LogP contribution in [0, 0.1) is 0 Å². The van der Waals surface area contributed by atoms with Crippen LogP contribution in [-0.2, 0) is 16.0 Å². The molecule has 0 aromatic heterocycles. The van der Waals surface area contributed by atoms with Crippen LogP contribution < -0.4 is 14.4 Å². The molecule has 7 nitrogen and oxygen atoms in total. The molecule has 8 heteroatoms. The van der Waals surface area contributed by atoms with Crippen molar-refractivity contribution in [2.75, 3.05) is 12.0 Å². The van der Waals surface area contributed by atoms with Gasteiger partial charge in [0.1, 0.15) is 0 Å². The lowest BCUT2D eigenvalue weighted by molar-refractivity contribution is -0.145. The fourth-order valence-electron chi connectivity index (χ4n) is 3.06. The summed E-state index contributed by atoms with van der Waals surface area (Å²) in [5, 5.41) is 8.83. The molecule has 3 rings (SSSR count). The SMILES string of the molecule is CCc1ccc(N2C(=O)S/C(=C/c3ccc(OC(CC)C(=O)O)c(OC)c3)C2=O)cc1. The maximum absolute atomic E-state index is 12.9. The number of amides is 2. The number of carboxylic acids is 1. The minimum atomic E-state index is -1.06. The topological polar surface area (TPSA) is 93.1 Å². The molecule has 0 saturated carbocycles. The minimum Gasteiger partial charge on any atom is -0.493 e.